The van der Waals surface area contributed by atoms with E-state index in [-0.39, 0.29) is 5.91 Å². The lowest BCUT2D eigenvalue weighted by Gasteiger charge is -2.18. The lowest BCUT2D eigenvalue weighted by Crippen LogP contribution is -2.21. The molecule has 1 amide bonds. The second-order valence-corrected chi connectivity index (χ2v) is 4.56. The SMILES string of the molecule is C=C1c2ccccc2C(=O)N1c1ccc(OC)c(N)c1. The molecule has 3 rings (SSSR count). The average Bonchev–Trinajstić information content (AvgIpc) is 2.71. The van der Waals surface area contributed by atoms with Crippen LogP contribution in [0, 0.1) is 0 Å². The van der Waals surface area contributed by atoms with Crippen LogP contribution in [0.4, 0.5) is 11.4 Å². The van der Waals surface area contributed by atoms with Gasteiger partial charge in [0.05, 0.1) is 24.2 Å². The zero-order valence-electron chi connectivity index (χ0n) is 11.1. The minimum Gasteiger partial charge on any atom is -0.495 e. The van der Waals surface area contributed by atoms with Gasteiger partial charge < -0.3 is 10.5 Å². The molecule has 2 N–H and O–H groups in total. The maximum atomic E-state index is 12.5. The Hall–Kier alpha value is -2.75. The highest BCUT2D eigenvalue weighted by Crippen LogP contribution is 2.37. The van der Waals surface area contributed by atoms with Crippen molar-refractivity contribution in [1.82, 2.24) is 0 Å². The Balaban J connectivity index is 2.07. The predicted octanol–water partition coefficient (Wildman–Crippen LogP) is 2.91. The van der Waals surface area contributed by atoms with E-state index in [1.54, 1.807) is 36.3 Å². The first-order valence-electron chi connectivity index (χ1n) is 6.19. The van der Waals surface area contributed by atoms with Gasteiger partial charge in [-0.2, -0.15) is 0 Å². The van der Waals surface area contributed by atoms with E-state index >= 15 is 0 Å². The van der Waals surface area contributed by atoms with Crippen LogP contribution in [0.2, 0.25) is 0 Å². The normalized spacial score (nSPS) is 13.6. The fourth-order valence-electron chi connectivity index (χ4n) is 2.42. The number of carbonyl (C=O) groups excluding carboxylic acids is 1. The van der Waals surface area contributed by atoms with E-state index in [1.165, 1.54) is 0 Å². The summed E-state index contributed by atoms with van der Waals surface area (Å²) >= 11 is 0. The average molecular weight is 266 g/mol. The Morgan fingerprint density at radius 3 is 2.45 bits per heavy atom. The summed E-state index contributed by atoms with van der Waals surface area (Å²) in [5.41, 5.74) is 9.25. The number of rotatable bonds is 2. The minimum absolute atomic E-state index is 0.0878. The van der Waals surface area contributed by atoms with Crippen molar-refractivity contribution in [3.05, 3.63) is 60.2 Å². The third kappa shape index (κ3) is 1.66. The monoisotopic (exact) mass is 266 g/mol. The van der Waals surface area contributed by atoms with Gasteiger partial charge in [0.15, 0.2) is 0 Å². The molecular formula is C16H14N2O2. The Bertz CT molecular complexity index is 687. The maximum Gasteiger partial charge on any atom is 0.263 e. The first kappa shape index (κ1) is 12.3. The number of hydrogen-bond acceptors (Lipinski definition) is 3. The summed E-state index contributed by atoms with van der Waals surface area (Å²) in [4.78, 5) is 14.0. The number of methoxy groups -OCH3 is 1. The molecule has 0 fully saturated rings. The van der Waals surface area contributed by atoms with Gasteiger partial charge in [-0.25, -0.2) is 0 Å². The van der Waals surface area contributed by atoms with Crippen LogP contribution in [0.15, 0.2) is 49.0 Å². The minimum atomic E-state index is -0.0878. The van der Waals surface area contributed by atoms with Crippen LogP contribution in [0.5, 0.6) is 5.75 Å². The molecular weight excluding hydrogens is 252 g/mol. The van der Waals surface area contributed by atoms with Crippen LogP contribution in [0.25, 0.3) is 5.70 Å². The Labute approximate surface area is 117 Å². The van der Waals surface area contributed by atoms with E-state index < -0.39 is 0 Å². The standard InChI is InChI=1S/C16H14N2O2/c1-10-12-5-3-4-6-13(12)16(19)18(10)11-7-8-15(20-2)14(17)9-11/h3-9H,1,17H2,2H3. The Morgan fingerprint density at radius 2 is 1.85 bits per heavy atom. The second-order valence-electron chi connectivity index (χ2n) is 4.56. The van der Waals surface area contributed by atoms with E-state index in [2.05, 4.69) is 6.58 Å². The van der Waals surface area contributed by atoms with Crippen LogP contribution in [0.1, 0.15) is 15.9 Å². The highest BCUT2D eigenvalue weighted by atomic mass is 16.5. The maximum absolute atomic E-state index is 12.5. The number of amides is 1. The molecule has 1 aliphatic heterocycles. The molecule has 0 atom stereocenters. The third-order valence-electron chi connectivity index (χ3n) is 3.41. The summed E-state index contributed by atoms with van der Waals surface area (Å²) in [6.07, 6.45) is 0. The van der Waals surface area contributed by atoms with Crippen LogP contribution in [-0.4, -0.2) is 13.0 Å². The molecule has 0 unspecified atom stereocenters. The largest absolute Gasteiger partial charge is 0.495 e. The fraction of sp³-hybridized carbons (Fsp3) is 0.0625. The summed E-state index contributed by atoms with van der Waals surface area (Å²) in [5.74, 6) is 0.499. The number of anilines is 2. The van der Waals surface area contributed by atoms with Gasteiger partial charge in [0, 0.05) is 11.1 Å². The van der Waals surface area contributed by atoms with Crippen LogP contribution in [-0.2, 0) is 0 Å². The van der Waals surface area contributed by atoms with Crippen molar-refractivity contribution in [3.8, 4) is 5.75 Å². The first-order valence-corrected chi connectivity index (χ1v) is 6.19. The van der Waals surface area contributed by atoms with Gasteiger partial charge in [-0.3, -0.25) is 9.69 Å². The molecule has 2 aromatic carbocycles. The van der Waals surface area contributed by atoms with E-state index in [0.29, 0.717) is 28.4 Å². The zero-order valence-corrected chi connectivity index (χ0v) is 11.1. The van der Waals surface area contributed by atoms with Crippen molar-refractivity contribution in [2.24, 2.45) is 0 Å². The molecule has 4 nitrogen and oxygen atoms in total. The van der Waals surface area contributed by atoms with Crippen molar-refractivity contribution in [2.45, 2.75) is 0 Å². The molecule has 0 radical (unpaired) electrons. The predicted molar refractivity (Wildman–Crippen MR) is 79.7 cm³/mol. The molecule has 2 aromatic rings. The van der Waals surface area contributed by atoms with Crippen LogP contribution >= 0.6 is 0 Å². The van der Waals surface area contributed by atoms with E-state index in [9.17, 15) is 4.79 Å². The summed E-state index contributed by atoms with van der Waals surface area (Å²) in [7, 11) is 1.56. The summed E-state index contributed by atoms with van der Waals surface area (Å²) in [6, 6.07) is 12.7. The second kappa shape index (κ2) is 4.42. The van der Waals surface area contributed by atoms with Gasteiger partial charge in [0.2, 0.25) is 0 Å². The number of fused-ring (bicyclic) bond motifs is 1. The van der Waals surface area contributed by atoms with Gasteiger partial charge >= 0.3 is 0 Å². The first-order chi connectivity index (χ1) is 9.63. The molecule has 1 aliphatic rings. The number of nitrogens with two attached hydrogens (primary N) is 1. The number of carbonyl (C=O) groups is 1. The number of nitrogens with zero attached hydrogens (tertiary/aromatic N) is 1. The van der Waals surface area contributed by atoms with Crippen molar-refractivity contribution in [1.29, 1.82) is 0 Å². The molecule has 100 valence electrons. The molecule has 4 heteroatoms. The van der Waals surface area contributed by atoms with Gasteiger partial charge in [-0.05, 0) is 24.3 Å². The third-order valence-corrected chi connectivity index (χ3v) is 3.41. The molecule has 0 bridgehead atoms. The topological polar surface area (TPSA) is 55.6 Å². The van der Waals surface area contributed by atoms with Crippen LogP contribution in [0.3, 0.4) is 0 Å². The molecule has 1 heterocycles. The lowest BCUT2D eigenvalue weighted by atomic mass is 10.1. The van der Waals surface area contributed by atoms with E-state index in [1.807, 2.05) is 18.2 Å². The summed E-state index contributed by atoms with van der Waals surface area (Å²) in [6.45, 7) is 4.01. The summed E-state index contributed by atoms with van der Waals surface area (Å²) < 4.78 is 5.13. The fourth-order valence-corrected chi connectivity index (χ4v) is 2.42. The number of benzene rings is 2. The van der Waals surface area contributed by atoms with Crippen molar-refractivity contribution in [2.75, 3.05) is 17.7 Å². The molecule has 0 aliphatic carbocycles. The van der Waals surface area contributed by atoms with E-state index in [0.717, 1.165) is 5.56 Å². The number of hydrogen-bond donors (Lipinski definition) is 1. The van der Waals surface area contributed by atoms with E-state index in [4.69, 9.17) is 10.5 Å². The highest BCUT2D eigenvalue weighted by molar-refractivity contribution is 6.22. The van der Waals surface area contributed by atoms with Gasteiger partial charge in [-0.15, -0.1) is 0 Å². The number of ether oxygens (including phenoxy) is 1. The summed E-state index contributed by atoms with van der Waals surface area (Å²) in [5, 5.41) is 0. The molecule has 0 aromatic heterocycles. The van der Waals surface area contributed by atoms with Gasteiger partial charge in [0.25, 0.3) is 5.91 Å². The van der Waals surface area contributed by atoms with Crippen molar-refractivity contribution >= 4 is 23.0 Å². The smallest absolute Gasteiger partial charge is 0.263 e. The van der Waals surface area contributed by atoms with Crippen molar-refractivity contribution < 1.29 is 9.53 Å². The Kier molecular flexibility index (Phi) is 2.71. The lowest BCUT2D eigenvalue weighted by molar-refractivity contribution is 0.101. The molecule has 0 saturated heterocycles. The Morgan fingerprint density at radius 1 is 1.15 bits per heavy atom. The molecule has 0 spiro atoms. The van der Waals surface area contributed by atoms with Gasteiger partial charge in [-0.1, -0.05) is 24.8 Å². The quantitative estimate of drug-likeness (QED) is 0.850. The molecule has 0 saturated carbocycles. The van der Waals surface area contributed by atoms with Gasteiger partial charge in [0.1, 0.15) is 5.75 Å². The number of nitrogen functional groups attached to an aromatic ring is 1. The molecule has 20 heavy (non-hydrogen) atoms. The zero-order chi connectivity index (χ0) is 14.3. The highest BCUT2D eigenvalue weighted by Gasteiger charge is 2.31. The van der Waals surface area contributed by atoms with Crippen molar-refractivity contribution in [3.63, 3.8) is 0 Å². The van der Waals surface area contributed by atoms with Crippen LogP contribution < -0.4 is 15.4 Å².